The van der Waals surface area contributed by atoms with Gasteiger partial charge in [-0.05, 0) is 25.3 Å². The first-order valence-electron chi connectivity index (χ1n) is 8.23. The Hall–Kier alpha value is -1.70. The third kappa shape index (κ3) is 9.38. The number of likely N-dealkylation sites (tertiary alicyclic amines) is 1. The van der Waals surface area contributed by atoms with E-state index in [4.69, 9.17) is 10.5 Å². The summed E-state index contributed by atoms with van der Waals surface area (Å²) in [5.74, 6) is 0. The summed E-state index contributed by atoms with van der Waals surface area (Å²) in [6.07, 6.45) is 1.41. The van der Waals surface area contributed by atoms with Crippen LogP contribution in [-0.4, -0.2) is 50.8 Å². The molecule has 1 aromatic carbocycles. The van der Waals surface area contributed by atoms with Crippen molar-refractivity contribution in [2.45, 2.75) is 38.7 Å². The summed E-state index contributed by atoms with van der Waals surface area (Å²) in [5.41, 5.74) is 6.89. The second-order valence-electron chi connectivity index (χ2n) is 5.96. The maximum absolute atomic E-state index is 11.8. The van der Waals surface area contributed by atoms with Crippen LogP contribution >= 0.6 is 0 Å². The molecule has 0 aliphatic carbocycles. The minimum absolute atomic E-state index is 0.00958. The van der Waals surface area contributed by atoms with Crippen LogP contribution in [0, 0.1) is 0 Å². The van der Waals surface area contributed by atoms with E-state index in [1.807, 2.05) is 37.3 Å². The molecule has 0 spiro atoms. The zero-order valence-electron chi connectivity index (χ0n) is 14.8. The molecule has 0 atom stereocenters. The van der Waals surface area contributed by atoms with E-state index in [-0.39, 0.29) is 18.1 Å². The van der Waals surface area contributed by atoms with Crippen molar-refractivity contribution in [1.29, 1.82) is 0 Å². The molecule has 1 aromatic rings. The van der Waals surface area contributed by atoms with Crippen molar-refractivity contribution < 1.29 is 23.9 Å². The Morgan fingerprint density at radius 1 is 1.28 bits per heavy atom. The molecule has 1 radical (unpaired) electrons. The molecule has 0 saturated carbocycles. The fourth-order valence-electron chi connectivity index (χ4n) is 2.15. The Morgan fingerprint density at radius 3 is 2.48 bits per heavy atom. The number of carbonyl (C=O) groups excluding carboxylic acids is 1. The van der Waals surface area contributed by atoms with Gasteiger partial charge in [-0.15, -0.1) is 0 Å². The van der Waals surface area contributed by atoms with Crippen LogP contribution < -0.4 is 5.73 Å². The van der Waals surface area contributed by atoms with Gasteiger partial charge >= 0.3 is 48.5 Å². The number of rotatable bonds is 6. The van der Waals surface area contributed by atoms with Crippen molar-refractivity contribution in [3.8, 4) is 0 Å². The first-order chi connectivity index (χ1) is 12.0. The maximum atomic E-state index is 11.8. The third-order valence-electron chi connectivity index (χ3n) is 3.67. The molecule has 1 saturated heterocycles. The SMILES string of the molecule is CC1(N)CCN(C(=O)OCc2ccccc2)CC1.C[B]OOCB=O. The topological polar surface area (TPSA) is 91.1 Å². The first-order valence-corrected chi connectivity index (χ1v) is 8.23. The van der Waals surface area contributed by atoms with Crippen LogP contribution in [0.1, 0.15) is 25.3 Å². The van der Waals surface area contributed by atoms with Crippen LogP contribution in [0.4, 0.5) is 4.79 Å². The molecule has 1 fully saturated rings. The summed E-state index contributed by atoms with van der Waals surface area (Å²) < 4.78 is 14.7. The Kier molecular flexibility index (Phi) is 10.1. The van der Waals surface area contributed by atoms with Crippen molar-refractivity contribution in [2.24, 2.45) is 5.73 Å². The van der Waals surface area contributed by atoms with Crippen LogP contribution in [0.5, 0.6) is 0 Å². The number of nitrogens with two attached hydrogens (primary N) is 1. The summed E-state index contributed by atoms with van der Waals surface area (Å²) >= 11 is 0. The minimum atomic E-state index is -0.241. The molecule has 1 aliphatic rings. The van der Waals surface area contributed by atoms with Gasteiger partial charge in [0.2, 0.25) is 0 Å². The summed E-state index contributed by atoms with van der Waals surface area (Å²) in [6, 6.07) is 9.70. The van der Waals surface area contributed by atoms with Crippen LogP contribution in [-0.2, 0) is 25.7 Å². The molecule has 1 heterocycles. The van der Waals surface area contributed by atoms with Crippen molar-refractivity contribution in [2.75, 3.05) is 19.6 Å². The molecule has 2 N–H and O–H groups in total. The Bertz CT molecular complexity index is 507. The Morgan fingerprint density at radius 2 is 1.92 bits per heavy atom. The van der Waals surface area contributed by atoms with Gasteiger partial charge in [-0.2, -0.15) is 0 Å². The van der Waals surface area contributed by atoms with Gasteiger partial charge in [-0.1, -0.05) is 30.3 Å². The van der Waals surface area contributed by atoms with Crippen molar-refractivity contribution >= 4 is 20.7 Å². The number of amides is 1. The number of nitrogens with zero attached hydrogens (tertiary/aromatic N) is 1. The van der Waals surface area contributed by atoms with Crippen molar-refractivity contribution in [3.63, 3.8) is 0 Å². The fraction of sp³-hybridized carbons (Fsp3) is 0.562. The molecule has 9 heteroatoms. The molecule has 0 bridgehead atoms. The summed E-state index contributed by atoms with van der Waals surface area (Å²) in [7, 11) is 1.97. The fourth-order valence-corrected chi connectivity index (χ4v) is 2.15. The van der Waals surface area contributed by atoms with Crippen molar-refractivity contribution in [1.82, 2.24) is 4.90 Å². The average Bonchev–Trinajstić information content (AvgIpc) is 2.61. The number of hydrogen-bond acceptors (Lipinski definition) is 6. The average molecular weight is 347 g/mol. The molecule has 25 heavy (non-hydrogen) atoms. The number of benzene rings is 1. The summed E-state index contributed by atoms with van der Waals surface area (Å²) in [5, 5.41) is 0. The molecule has 1 aliphatic heterocycles. The normalized spacial score (nSPS) is 15.4. The zero-order chi connectivity index (χ0) is 18.5. The Labute approximate surface area is 150 Å². The monoisotopic (exact) mass is 347 g/mol. The van der Waals surface area contributed by atoms with Crippen LogP contribution in [0.2, 0.25) is 6.82 Å². The number of ether oxygens (including phenoxy) is 1. The quantitative estimate of drug-likeness (QED) is 0.365. The molecule has 7 nitrogen and oxygen atoms in total. The predicted octanol–water partition coefficient (Wildman–Crippen LogP) is 1.75. The molecule has 1 amide bonds. The van der Waals surface area contributed by atoms with Gasteiger partial charge in [0, 0.05) is 18.6 Å². The number of piperidine rings is 1. The van der Waals surface area contributed by atoms with E-state index in [2.05, 4.69) is 9.69 Å². The van der Waals surface area contributed by atoms with Gasteiger partial charge in [0.15, 0.2) is 0 Å². The second-order valence-corrected chi connectivity index (χ2v) is 5.96. The van der Waals surface area contributed by atoms with Crippen LogP contribution in [0.15, 0.2) is 30.3 Å². The second kappa shape index (κ2) is 11.8. The third-order valence-corrected chi connectivity index (χ3v) is 3.67. The van der Waals surface area contributed by atoms with Gasteiger partial charge < -0.3 is 15.4 Å². The molecule has 0 unspecified atom stereocenters. The molecular weight excluding hydrogens is 322 g/mol. The van der Waals surface area contributed by atoms with Crippen molar-refractivity contribution in [3.05, 3.63) is 35.9 Å². The van der Waals surface area contributed by atoms with Gasteiger partial charge in [-0.3, -0.25) is 0 Å². The van der Waals surface area contributed by atoms with E-state index in [1.54, 1.807) is 11.7 Å². The van der Waals surface area contributed by atoms with E-state index in [0.717, 1.165) is 18.4 Å². The zero-order valence-corrected chi connectivity index (χ0v) is 14.8. The number of hydrogen-bond donors (Lipinski definition) is 1. The van der Waals surface area contributed by atoms with Crippen LogP contribution in [0.25, 0.3) is 0 Å². The van der Waals surface area contributed by atoms with E-state index in [9.17, 15) is 9.50 Å². The molecule has 0 aromatic heterocycles. The first kappa shape index (κ1) is 21.3. The number of carbonyl (C=O) groups is 1. The van der Waals surface area contributed by atoms with E-state index in [0.29, 0.717) is 26.8 Å². The van der Waals surface area contributed by atoms with Gasteiger partial charge in [0.25, 0.3) is 0 Å². The van der Waals surface area contributed by atoms with Crippen LogP contribution in [0.3, 0.4) is 0 Å². The van der Waals surface area contributed by atoms with E-state index < -0.39 is 0 Å². The standard InChI is InChI=1S/C14H20N2O2.C2H5B2O3/c1-14(15)7-9-16(10-8-14)13(17)18-11-12-5-3-2-4-6-12;1-3-7-6-2-4-5/h2-6H,7-11,15H2,1H3;2H2,1H3. The van der Waals surface area contributed by atoms with E-state index >= 15 is 0 Å². The molecule has 135 valence electrons. The molecular formula is C16H25B2N2O5. The summed E-state index contributed by atoms with van der Waals surface area (Å²) in [6.45, 7) is 5.37. The van der Waals surface area contributed by atoms with Gasteiger partial charge in [0.05, 0.1) is 0 Å². The molecule has 2 rings (SSSR count). The Balaban J connectivity index is 0.000000381. The van der Waals surface area contributed by atoms with Gasteiger partial charge in [0.1, 0.15) is 6.61 Å². The van der Waals surface area contributed by atoms with Gasteiger partial charge in [-0.25, -0.2) is 4.79 Å². The summed E-state index contributed by atoms with van der Waals surface area (Å²) in [4.78, 5) is 22.0. The predicted molar refractivity (Wildman–Crippen MR) is 95.1 cm³/mol. The van der Waals surface area contributed by atoms with E-state index in [1.165, 1.54) is 7.48 Å².